The van der Waals surface area contributed by atoms with E-state index in [0.29, 0.717) is 0 Å². The van der Waals surface area contributed by atoms with Crippen molar-refractivity contribution in [2.24, 2.45) is 5.73 Å². The molecule has 2 N–H and O–H groups in total. The summed E-state index contributed by atoms with van der Waals surface area (Å²) >= 11 is 0. The van der Waals surface area contributed by atoms with Crippen LogP contribution in [0.5, 0.6) is 0 Å². The summed E-state index contributed by atoms with van der Waals surface area (Å²) < 4.78 is 5.71. The van der Waals surface area contributed by atoms with Gasteiger partial charge in [0.05, 0.1) is 12.8 Å². The van der Waals surface area contributed by atoms with E-state index in [-0.39, 0.29) is 12.8 Å². The van der Waals surface area contributed by atoms with E-state index in [2.05, 4.69) is 30.0 Å². The number of ether oxygens (including phenoxy) is 1. The molecule has 2 aromatic rings. The van der Waals surface area contributed by atoms with Gasteiger partial charge in [-0.3, -0.25) is 0 Å². The summed E-state index contributed by atoms with van der Waals surface area (Å²) in [5.41, 5.74) is 10.00. The first-order valence-corrected chi connectivity index (χ1v) is 6.39. The first-order valence-electron chi connectivity index (χ1n) is 6.39. The zero-order chi connectivity index (χ0) is 13.1. The molecule has 0 heterocycles. The van der Waals surface area contributed by atoms with Gasteiger partial charge in [0, 0.05) is 17.5 Å². The van der Waals surface area contributed by atoms with Gasteiger partial charge in [0.25, 0.3) is 0 Å². The monoisotopic (exact) mass is 249 g/mol. The highest BCUT2D eigenvalue weighted by Crippen LogP contribution is 2.27. The van der Waals surface area contributed by atoms with Crippen LogP contribution in [0.15, 0.2) is 48.5 Å². The van der Waals surface area contributed by atoms with Gasteiger partial charge in [-0.15, -0.1) is 0 Å². The molecule has 0 aliphatic heterocycles. The molecule has 2 aromatic carbocycles. The predicted octanol–water partition coefficient (Wildman–Crippen LogP) is 2.62. The van der Waals surface area contributed by atoms with Crippen LogP contribution in [-0.4, -0.2) is 6.73 Å². The van der Waals surface area contributed by atoms with Crippen molar-refractivity contribution in [3.8, 4) is 11.8 Å². The number of fused-ring (bicyclic) bond motifs is 2. The fourth-order valence-corrected chi connectivity index (χ4v) is 2.42. The van der Waals surface area contributed by atoms with Crippen LogP contribution in [0.3, 0.4) is 0 Å². The molecule has 1 aliphatic rings. The second-order valence-electron chi connectivity index (χ2n) is 4.52. The highest BCUT2D eigenvalue weighted by atomic mass is 16.5. The van der Waals surface area contributed by atoms with Gasteiger partial charge in [0.2, 0.25) is 0 Å². The quantitative estimate of drug-likeness (QED) is 0.656. The highest BCUT2D eigenvalue weighted by Gasteiger charge is 2.18. The Kier molecular flexibility index (Phi) is 3.33. The molecule has 3 rings (SSSR count). The Morgan fingerprint density at radius 1 is 1.00 bits per heavy atom. The van der Waals surface area contributed by atoms with Gasteiger partial charge in [0.1, 0.15) is 0 Å². The molecule has 2 nitrogen and oxygen atoms in total. The van der Waals surface area contributed by atoms with Crippen molar-refractivity contribution in [3.05, 3.63) is 70.8 Å². The van der Waals surface area contributed by atoms with Gasteiger partial charge in [-0.2, -0.15) is 0 Å². The number of hydrogen-bond acceptors (Lipinski definition) is 2. The first kappa shape index (κ1) is 12.0. The van der Waals surface area contributed by atoms with Crippen LogP contribution in [-0.2, 0) is 11.2 Å². The summed E-state index contributed by atoms with van der Waals surface area (Å²) in [5, 5.41) is 0. The SMILES string of the molecule is NCOC1Cc2ccccc2C#Cc2ccccc21. The van der Waals surface area contributed by atoms with Crippen molar-refractivity contribution in [1.29, 1.82) is 0 Å². The molecule has 94 valence electrons. The summed E-state index contributed by atoms with van der Waals surface area (Å²) in [6, 6.07) is 16.3. The Balaban J connectivity index is 2.14. The fourth-order valence-electron chi connectivity index (χ4n) is 2.42. The van der Waals surface area contributed by atoms with E-state index in [1.165, 1.54) is 5.56 Å². The van der Waals surface area contributed by atoms with Gasteiger partial charge in [-0.05, 0) is 23.3 Å². The molecule has 0 bridgehead atoms. The summed E-state index contributed by atoms with van der Waals surface area (Å²) in [5.74, 6) is 6.49. The lowest BCUT2D eigenvalue weighted by atomic mass is 9.92. The molecule has 0 saturated carbocycles. The molecule has 2 heteroatoms. The number of rotatable bonds is 2. The third-order valence-electron chi connectivity index (χ3n) is 3.36. The standard InChI is InChI=1S/C17H15NO/c18-12-19-17-11-15-7-2-1-5-13(15)9-10-14-6-3-4-8-16(14)17/h1-8,17H,11-12,18H2. The first-order chi connectivity index (χ1) is 9.38. The van der Waals surface area contributed by atoms with Crippen LogP contribution in [0.1, 0.15) is 28.4 Å². The lowest BCUT2D eigenvalue weighted by Gasteiger charge is -2.21. The number of benzene rings is 2. The molecule has 19 heavy (non-hydrogen) atoms. The van der Waals surface area contributed by atoms with Crippen molar-refractivity contribution in [2.45, 2.75) is 12.5 Å². The summed E-state index contributed by atoms with van der Waals surface area (Å²) in [6.07, 6.45) is 0.774. The molecule has 0 amide bonds. The Bertz CT molecular complexity index is 652. The Labute approximate surface area is 113 Å². The molecular weight excluding hydrogens is 234 g/mol. The van der Waals surface area contributed by atoms with E-state index in [0.717, 1.165) is 23.1 Å². The smallest absolute Gasteiger partial charge is 0.0948 e. The van der Waals surface area contributed by atoms with E-state index in [9.17, 15) is 0 Å². The molecule has 0 aromatic heterocycles. The topological polar surface area (TPSA) is 35.2 Å². The third-order valence-corrected chi connectivity index (χ3v) is 3.36. The van der Waals surface area contributed by atoms with E-state index >= 15 is 0 Å². The Morgan fingerprint density at radius 2 is 1.68 bits per heavy atom. The molecule has 0 fully saturated rings. The molecule has 0 spiro atoms. The lowest BCUT2D eigenvalue weighted by molar-refractivity contribution is 0.0574. The van der Waals surface area contributed by atoms with Crippen LogP contribution in [0.25, 0.3) is 0 Å². The Morgan fingerprint density at radius 3 is 2.53 bits per heavy atom. The van der Waals surface area contributed by atoms with E-state index in [1.54, 1.807) is 0 Å². The molecule has 0 saturated heterocycles. The maximum absolute atomic E-state index is 5.71. The summed E-state index contributed by atoms with van der Waals surface area (Å²) in [7, 11) is 0. The van der Waals surface area contributed by atoms with Gasteiger partial charge in [0.15, 0.2) is 0 Å². The Hall–Kier alpha value is -2.08. The fraction of sp³-hybridized carbons (Fsp3) is 0.176. The van der Waals surface area contributed by atoms with Crippen LogP contribution in [0, 0.1) is 11.8 Å². The van der Waals surface area contributed by atoms with Crippen molar-refractivity contribution in [2.75, 3.05) is 6.73 Å². The minimum Gasteiger partial charge on any atom is -0.358 e. The van der Waals surface area contributed by atoms with Gasteiger partial charge < -0.3 is 10.5 Å². The molecule has 0 radical (unpaired) electrons. The third kappa shape index (κ3) is 2.39. The summed E-state index contributed by atoms with van der Waals surface area (Å²) in [6.45, 7) is 0.217. The van der Waals surface area contributed by atoms with Gasteiger partial charge in [-0.25, -0.2) is 0 Å². The van der Waals surface area contributed by atoms with Crippen molar-refractivity contribution in [3.63, 3.8) is 0 Å². The second kappa shape index (κ2) is 5.27. The zero-order valence-electron chi connectivity index (χ0n) is 10.6. The minimum atomic E-state index is -0.0306. The maximum Gasteiger partial charge on any atom is 0.0948 e. The van der Waals surface area contributed by atoms with Gasteiger partial charge >= 0.3 is 0 Å². The zero-order valence-corrected chi connectivity index (χ0v) is 10.6. The van der Waals surface area contributed by atoms with Crippen LogP contribution in [0.4, 0.5) is 0 Å². The molecular formula is C17H15NO. The van der Waals surface area contributed by atoms with Crippen LogP contribution in [0.2, 0.25) is 0 Å². The molecule has 1 atom stereocenters. The van der Waals surface area contributed by atoms with Gasteiger partial charge in [-0.1, -0.05) is 48.2 Å². The molecule has 1 aliphatic carbocycles. The second-order valence-corrected chi connectivity index (χ2v) is 4.52. The minimum absolute atomic E-state index is 0.0306. The van der Waals surface area contributed by atoms with E-state index in [4.69, 9.17) is 10.5 Å². The van der Waals surface area contributed by atoms with Crippen molar-refractivity contribution in [1.82, 2.24) is 0 Å². The molecule has 1 unspecified atom stereocenters. The van der Waals surface area contributed by atoms with E-state index < -0.39 is 0 Å². The van der Waals surface area contributed by atoms with Crippen LogP contribution < -0.4 is 5.73 Å². The average Bonchev–Trinajstić information content (AvgIpc) is 2.44. The largest absolute Gasteiger partial charge is 0.358 e. The lowest BCUT2D eigenvalue weighted by Crippen LogP contribution is -2.16. The van der Waals surface area contributed by atoms with Crippen molar-refractivity contribution >= 4 is 0 Å². The van der Waals surface area contributed by atoms with Crippen LogP contribution >= 0.6 is 0 Å². The maximum atomic E-state index is 5.71. The van der Waals surface area contributed by atoms with E-state index in [1.807, 2.05) is 30.3 Å². The number of nitrogens with two attached hydrogens (primary N) is 1. The summed E-state index contributed by atoms with van der Waals surface area (Å²) in [4.78, 5) is 0. The average molecular weight is 249 g/mol. The predicted molar refractivity (Wildman–Crippen MR) is 75.4 cm³/mol. The normalized spacial score (nSPS) is 16.4. The highest BCUT2D eigenvalue weighted by molar-refractivity contribution is 5.52. The van der Waals surface area contributed by atoms with Crippen molar-refractivity contribution < 1.29 is 4.74 Å². The number of hydrogen-bond donors (Lipinski definition) is 1.